The van der Waals surface area contributed by atoms with Crippen molar-refractivity contribution in [2.75, 3.05) is 32.0 Å². The number of morpholine rings is 1. The van der Waals surface area contributed by atoms with Crippen molar-refractivity contribution in [3.05, 3.63) is 27.7 Å². The molecule has 2 rings (SSSR count). The standard InChI is InChI=1S/C11H12Cl2N2O2/c12-8-5-7(10(14)6-9(8)13)11(16)15-1-3-17-4-2-15/h5-6H,1-4,14H2. The lowest BCUT2D eigenvalue weighted by Crippen LogP contribution is -2.40. The number of carbonyl (C=O) groups is 1. The van der Waals surface area contributed by atoms with E-state index >= 15 is 0 Å². The highest BCUT2D eigenvalue weighted by Crippen LogP contribution is 2.28. The number of hydrogen-bond donors (Lipinski definition) is 1. The zero-order valence-electron chi connectivity index (χ0n) is 9.08. The van der Waals surface area contributed by atoms with E-state index in [1.165, 1.54) is 12.1 Å². The SMILES string of the molecule is Nc1cc(Cl)c(Cl)cc1C(=O)N1CCOCC1. The van der Waals surface area contributed by atoms with Crippen LogP contribution >= 0.6 is 23.2 Å². The lowest BCUT2D eigenvalue weighted by Gasteiger charge is -2.27. The van der Waals surface area contributed by atoms with Crippen LogP contribution in [0.2, 0.25) is 10.0 Å². The van der Waals surface area contributed by atoms with Crippen molar-refractivity contribution in [2.24, 2.45) is 0 Å². The Morgan fingerprint density at radius 1 is 1.24 bits per heavy atom. The molecule has 1 aromatic rings. The van der Waals surface area contributed by atoms with Crippen LogP contribution in [0, 0.1) is 0 Å². The quantitative estimate of drug-likeness (QED) is 0.798. The van der Waals surface area contributed by atoms with Crippen molar-refractivity contribution in [2.45, 2.75) is 0 Å². The zero-order chi connectivity index (χ0) is 12.4. The van der Waals surface area contributed by atoms with Crippen molar-refractivity contribution in [3.63, 3.8) is 0 Å². The molecular weight excluding hydrogens is 263 g/mol. The molecule has 0 bridgehead atoms. The van der Waals surface area contributed by atoms with E-state index in [9.17, 15) is 4.79 Å². The third-order valence-electron chi connectivity index (χ3n) is 2.62. The Morgan fingerprint density at radius 2 is 1.82 bits per heavy atom. The molecule has 0 unspecified atom stereocenters. The predicted octanol–water partition coefficient (Wildman–Crippen LogP) is 2.05. The molecule has 1 aliphatic heterocycles. The van der Waals surface area contributed by atoms with Crippen LogP contribution in [-0.2, 0) is 4.74 Å². The Hall–Kier alpha value is -0.970. The van der Waals surface area contributed by atoms with Crippen LogP contribution in [0.4, 0.5) is 5.69 Å². The van der Waals surface area contributed by atoms with Gasteiger partial charge in [-0.1, -0.05) is 23.2 Å². The molecule has 0 aromatic heterocycles. The van der Waals surface area contributed by atoms with Crippen LogP contribution in [0.25, 0.3) is 0 Å². The van der Waals surface area contributed by atoms with Gasteiger partial charge in [-0.3, -0.25) is 4.79 Å². The topological polar surface area (TPSA) is 55.6 Å². The van der Waals surface area contributed by atoms with Gasteiger partial charge in [0.1, 0.15) is 0 Å². The van der Waals surface area contributed by atoms with Gasteiger partial charge in [0, 0.05) is 18.8 Å². The Morgan fingerprint density at radius 3 is 2.47 bits per heavy atom. The molecule has 0 radical (unpaired) electrons. The summed E-state index contributed by atoms with van der Waals surface area (Å²) in [6.07, 6.45) is 0. The van der Waals surface area contributed by atoms with E-state index in [0.29, 0.717) is 47.6 Å². The smallest absolute Gasteiger partial charge is 0.256 e. The van der Waals surface area contributed by atoms with Crippen LogP contribution in [0.3, 0.4) is 0 Å². The minimum absolute atomic E-state index is 0.135. The second-order valence-corrected chi connectivity index (χ2v) is 4.57. The molecule has 1 aromatic carbocycles. The number of nitrogen functional groups attached to an aromatic ring is 1. The molecule has 1 amide bonds. The molecule has 4 nitrogen and oxygen atoms in total. The summed E-state index contributed by atoms with van der Waals surface area (Å²) >= 11 is 11.7. The number of amides is 1. The van der Waals surface area contributed by atoms with Crippen molar-refractivity contribution < 1.29 is 9.53 Å². The highest BCUT2D eigenvalue weighted by atomic mass is 35.5. The van der Waals surface area contributed by atoms with Gasteiger partial charge in [-0.05, 0) is 12.1 Å². The minimum atomic E-state index is -0.135. The van der Waals surface area contributed by atoms with Gasteiger partial charge in [0.15, 0.2) is 0 Å². The molecule has 6 heteroatoms. The minimum Gasteiger partial charge on any atom is -0.398 e. The monoisotopic (exact) mass is 274 g/mol. The van der Waals surface area contributed by atoms with Crippen LogP contribution < -0.4 is 5.73 Å². The number of nitrogens with zero attached hydrogens (tertiary/aromatic N) is 1. The van der Waals surface area contributed by atoms with Gasteiger partial charge in [-0.25, -0.2) is 0 Å². The van der Waals surface area contributed by atoms with Crippen molar-refractivity contribution in [3.8, 4) is 0 Å². The number of anilines is 1. The Labute approximate surface area is 109 Å². The molecule has 92 valence electrons. The van der Waals surface area contributed by atoms with Crippen molar-refractivity contribution >= 4 is 34.8 Å². The average Bonchev–Trinajstić information content (AvgIpc) is 2.34. The molecule has 0 atom stereocenters. The third-order valence-corrected chi connectivity index (χ3v) is 3.34. The van der Waals surface area contributed by atoms with Crippen LogP contribution in [-0.4, -0.2) is 37.1 Å². The van der Waals surface area contributed by atoms with E-state index < -0.39 is 0 Å². The second-order valence-electron chi connectivity index (χ2n) is 3.76. The Bertz CT molecular complexity index is 445. The first-order valence-electron chi connectivity index (χ1n) is 5.21. The molecule has 1 saturated heterocycles. The van der Waals surface area contributed by atoms with Gasteiger partial charge in [0.2, 0.25) is 0 Å². The van der Waals surface area contributed by atoms with E-state index in [4.69, 9.17) is 33.7 Å². The van der Waals surface area contributed by atoms with Crippen molar-refractivity contribution in [1.82, 2.24) is 4.90 Å². The van der Waals surface area contributed by atoms with Gasteiger partial charge in [-0.15, -0.1) is 0 Å². The van der Waals surface area contributed by atoms with Crippen LogP contribution in [0.1, 0.15) is 10.4 Å². The van der Waals surface area contributed by atoms with E-state index in [0.717, 1.165) is 0 Å². The zero-order valence-corrected chi connectivity index (χ0v) is 10.6. The number of carbonyl (C=O) groups excluding carboxylic acids is 1. The van der Waals surface area contributed by atoms with E-state index in [2.05, 4.69) is 0 Å². The lowest BCUT2D eigenvalue weighted by atomic mass is 10.1. The first-order chi connectivity index (χ1) is 8.09. The van der Waals surface area contributed by atoms with Gasteiger partial charge in [0.05, 0.1) is 28.8 Å². The molecule has 1 aliphatic rings. The summed E-state index contributed by atoms with van der Waals surface area (Å²) in [4.78, 5) is 13.9. The lowest BCUT2D eigenvalue weighted by molar-refractivity contribution is 0.0303. The predicted molar refractivity (Wildman–Crippen MR) is 67.6 cm³/mol. The fraction of sp³-hybridized carbons (Fsp3) is 0.364. The summed E-state index contributed by atoms with van der Waals surface area (Å²) in [7, 11) is 0. The number of halogens is 2. The maximum Gasteiger partial charge on any atom is 0.256 e. The Kier molecular flexibility index (Phi) is 3.76. The van der Waals surface area contributed by atoms with Gasteiger partial charge < -0.3 is 15.4 Å². The summed E-state index contributed by atoms with van der Waals surface area (Å²) < 4.78 is 5.19. The van der Waals surface area contributed by atoms with Crippen LogP contribution in [0.5, 0.6) is 0 Å². The molecule has 0 spiro atoms. The maximum atomic E-state index is 12.2. The number of rotatable bonds is 1. The van der Waals surface area contributed by atoms with Gasteiger partial charge in [0.25, 0.3) is 5.91 Å². The molecule has 17 heavy (non-hydrogen) atoms. The third kappa shape index (κ3) is 2.65. The Balaban J connectivity index is 2.26. The largest absolute Gasteiger partial charge is 0.398 e. The summed E-state index contributed by atoms with van der Waals surface area (Å²) in [6.45, 7) is 2.23. The van der Waals surface area contributed by atoms with E-state index in [-0.39, 0.29) is 5.91 Å². The first-order valence-corrected chi connectivity index (χ1v) is 5.96. The van der Waals surface area contributed by atoms with Crippen molar-refractivity contribution in [1.29, 1.82) is 0 Å². The van der Waals surface area contributed by atoms with Gasteiger partial charge >= 0.3 is 0 Å². The van der Waals surface area contributed by atoms with Gasteiger partial charge in [-0.2, -0.15) is 0 Å². The normalized spacial score (nSPS) is 16.0. The first kappa shape index (κ1) is 12.5. The molecule has 0 saturated carbocycles. The number of benzene rings is 1. The maximum absolute atomic E-state index is 12.2. The summed E-state index contributed by atoms with van der Waals surface area (Å²) in [5.74, 6) is -0.135. The number of hydrogen-bond acceptors (Lipinski definition) is 3. The fourth-order valence-electron chi connectivity index (χ4n) is 1.68. The van der Waals surface area contributed by atoms with E-state index in [1.807, 2.05) is 0 Å². The molecular formula is C11H12Cl2N2O2. The highest BCUT2D eigenvalue weighted by Gasteiger charge is 2.21. The molecule has 0 aliphatic carbocycles. The second kappa shape index (κ2) is 5.12. The molecule has 1 fully saturated rings. The van der Waals surface area contributed by atoms with Crippen LogP contribution in [0.15, 0.2) is 12.1 Å². The number of ether oxygens (including phenoxy) is 1. The fourth-order valence-corrected chi connectivity index (χ4v) is 2.02. The summed E-state index contributed by atoms with van der Waals surface area (Å²) in [5.41, 5.74) is 6.51. The highest BCUT2D eigenvalue weighted by molar-refractivity contribution is 6.42. The summed E-state index contributed by atoms with van der Waals surface area (Å²) in [6, 6.07) is 3.01. The van der Waals surface area contributed by atoms with E-state index in [1.54, 1.807) is 4.90 Å². The number of nitrogens with two attached hydrogens (primary N) is 1. The summed E-state index contributed by atoms with van der Waals surface area (Å²) in [5, 5.41) is 0.681. The molecule has 2 N–H and O–H groups in total. The molecule has 1 heterocycles. The average molecular weight is 275 g/mol.